The number of Topliss-reactive ketones (excluding diaryl/α,β-unsaturated/α-hetero) is 1. The van der Waals surface area contributed by atoms with Crippen molar-refractivity contribution >= 4 is 11.8 Å². The molecule has 172 valence electrons. The Morgan fingerprint density at radius 3 is 2.59 bits per heavy atom. The van der Waals surface area contributed by atoms with Crippen molar-refractivity contribution < 1.29 is 14.3 Å². The van der Waals surface area contributed by atoms with Gasteiger partial charge in [0.2, 0.25) is 0 Å². The second-order valence-electron chi connectivity index (χ2n) is 11.5. The van der Waals surface area contributed by atoms with Gasteiger partial charge < -0.3 is 4.74 Å². The van der Waals surface area contributed by atoms with Crippen LogP contribution in [0.3, 0.4) is 0 Å². The summed E-state index contributed by atoms with van der Waals surface area (Å²) in [6, 6.07) is 6.15. The van der Waals surface area contributed by atoms with Crippen LogP contribution in [0.5, 0.6) is 0 Å². The lowest BCUT2D eigenvalue weighted by Gasteiger charge is -2.58. The van der Waals surface area contributed by atoms with Crippen LogP contribution in [0, 0.1) is 34.5 Å². The average molecular weight is 436 g/mol. The number of esters is 1. The van der Waals surface area contributed by atoms with E-state index >= 15 is 0 Å². The van der Waals surface area contributed by atoms with Crippen LogP contribution in [-0.4, -0.2) is 22.8 Å². The highest BCUT2D eigenvalue weighted by Gasteiger charge is 2.62. The van der Waals surface area contributed by atoms with Crippen molar-refractivity contribution in [1.82, 2.24) is 4.98 Å². The molecule has 0 amide bonds. The monoisotopic (exact) mass is 435 g/mol. The fourth-order valence-electron chi connectivity index (χ4n) is 8.64. The van der Waals surface area contributed by atoms with Crippen LogP contribution in [0.15, 0.2) is 36.0 Å². The van der Waals surface area contributed by atoms with E-state index in [4.69, 9.17) is 9.72 Å². The number of carbonyl (C=O) groups excluding carboxylic acids is 2. The second kappa shape index (κ2) is 7.81. The van der Waals surface area contributed by atoms with Crippen LogP contribution < -0.4 is 0 Å². The average Bonchev–Trinajstić information content (AvgIpc) is 3.08. The van der Waals surface area contributed by atoms with E-state index in [1.165, 1.54) is 18.9 Å². The Labute approximate surface area is 192 Å². The molecule has 1 heterocycles. The Balaban J connectivity index is 1.46. The minimum Gasteiger partial charge on any atom is -0.462 e. The highest BCUT2D eigenvalue weighted by molar-refractivity contribution is 5.81. The fourth-order valence-corrected chi connectivity index (χ4v) is 8.64. The quantitative estimate of drug-likeness (QED) is 0.440. The maximum atomic E-state index is 13.0. The Bertz CT molecular complexity index is 939. The van der Waals surface area contributed by atoms with E-state index in [-0.39, 0.29) is 34.7 Å². The molecular formula is C28H37NO3. The number of hydrogen-bond donors (Lipinski definition) is 0. The van der Waals surface area contributed by atoms with Gasteiger partial charge in [-0.15, -0.1) is 0 Å². The molecule has 32 heavy (non-hydrogen) atoms. The van der Waals surface area contributed by atoms with E-state index in [1.807, 2.05) is 12.3 Å². The first-order valence-corrected chi connectivity index (χ1v) is 12.5. The summed E-state index contributed by atoms with van der Waals surface area (Å²) in [6.07, 6.45) is 11.9. The van der Waals surface area contributed by atoms with Gasteiger partial charge in [-0.3, -0.25) is 14.6 Å². The molecule has 3 fully saturated rings. The highest BCUT2D eigenvalue weighted by atomic mass is 16.5. The number of pyridine rings is 1. The molecule has 4 nitrogen and oxygen atoms in total. The summed E-state index contributed by atoms with van der Waals surface area (Å²) >= 11 is 0. The first-order valence-electron chi connectivity index (χ1n) is 12.5. The second-order valence-corrected chi connectivity index (χ2v) is 11.5. The van der Waals surface area contributed by atoms with Gasteiger partial charge in [0.15, 0.2) is 0 Å². The molecule has 4 aliphatic rings. The Kier molecular flexibility index (Phi) is 5.34. The van der Waals surface area contributed by atoms with Crippen LogP contribution in [0.4, 0.5) is 0 Å². The molecule has 0 N–H and O–H groups in total. The zero-order valence-electron chi connectivity index (χ0n) is 20.0. The summed E-state index contributed by atoms with van der Waals surface area (Å²) in [7, 11) is 0. The Morgan fingerprint density at radius 2 is 1.91 bits per heavy atom. The summed E-state index contributed by atoms with van der Waals surface area (Å²) in [5, 5.41) is 0. The number of allylic oxidation sites excluding steroid dienone is 1. The lowest BCUT2D eigenvalue weighted by molar-refractivity contribution is -0.149. The molecule has 8 atom stereocenters. The maximum Gasteiger partial charge on any atom is 0.302 e. The number of nitrogens with zero attached hydrogens (tertiary/aromatic N) is 1. The molecule has 0 bridgehead atoms. The van der Waals surface area contributed by atoms with Gasteiger partial charge in [0.05, 0.1) is 0 Å². The summed E-state index contributed by atoms with van der Waals surface area (Å²) < 4.78 is 5.59. The molecule has 4 aliphatic carbocycles. The largest absolute Gasteiger partial charge is 0.462 e. The van der Waals surface area contributed by atoms with Crippen molar-refractivity contribution in [3.05, 3.63) is 41.7 Å². The van der Waals surface area contributed by atoms with Crippen LogP contribution in [0.25, 0.3) is 0 Å². The molecule has 1 aromatic rings. The van der Waals surface area contributed by atoms with Crippen LogP contribution in [0.1, 0.15) is 84.3 Å². The van der Waals surface area contributed by atoms with E-state index in [0.29, 0.717) is 23.5 Å². The van der Waals surface area contributed by atoms with E-state index in [2.05, 4.69) is 32.1 Å². The normalized spacial score (nSPS) is 42.8. The summed E-state index contributed by atoms with van der Waals surface area (Å²) in [4.78, 5) is 29.2. The summed E-state index contributed by atoms with van der Waals surface area (Å²) in [6.45, 7) is 8.19. The molecule has 0 radical (unpaired) electrons. The van der Waals surface area contributed by atoms with Gasteiger partial charge in [0.1, 0.15) is 11.9 Å². The number of ketones is 1. The molecular weight excluding hydrogens is 398 g/mol. The molecule has 3 saturated carbocycles. The minimum absolute atomic E-state index is 0.0411. The van der Waals surface area contributed by atoms with Crippen molar-refractivity contribution in [2.45, 2.75) is 84.7 Å². The Hall–Kier alpha value is -1.97. The molecule has 5 rings (SSSR count). The lowest BCUT2D eigenvalue weighted by Crippen LogP contribution is -2.51. The number of aromatic nitrogens is 1. The number of ether oxygens (including phenoxy) is 1. The standard InChI is InChI=1S/C28H37NO3/c1-17(30)26-22(25-7-5-6-14-29-25)16-24-21-9-8-19-15-20(32-18(2)31)10-12-27(19,3)23(21)11-13-28(24,26)4/h5-8,14,20-24,26H,9-13,15-16H2,1-4H3/t20-,21+,22-,23-,24-,26-,27-,28-/m0/s1. The fraction of sp³-hybridized carbons (Fsp3) is 0.679. The smallest absolute Gasteiger partial charge is 0.302 e. The third-order valence-electron chi connectivity index (χ3n) is 9.96. The van der Waals surface area contributed by atoms with E-state index in [9.17, 15) is 9.59 Å². The van der Waals surface area contributed by atoms with E-state index in [0.717, 1.165) is 44.2 Å². The number of rotatable bonds is 3. The summed E-state index contributed by atoms with van der Waals surface area (Å²) in [5.41, 5.74) is 2.88. The topological polar surface area (TPSA) is 56.3 Å². The van der Waals surface area contributed by atoms with Gasteiger partial charge in [-0.05, 0) is 86.2 Å². The zero-order chi connectivity index (χ0) is 22.7. The molecule has 0 aliphatic heterocycles. The first kappa shape index (κ1) is 21.9. The van der Waals surface area contributed by atoms with Crippen LogP contribution in [0.2, 0.25) is 0 Å². The van der Waals surface area contributed by atoms with Crippen molar-refractivity contribution in [3.63, 3.8) is 0 Å². The molecule has 4 heteroatoms. The third-order valence-corrected chi connectivity index (χ3v) is 9.96. The van der Waals surface area contributed by atoms with Gasteiger partial charge in [0.25, 0.3) is 0 Å². The molecule has 0 unspecified atom stereocenters. The molecule has 0 spiro atoms. The highest BCUT2D eigenvalue weighted by Crippen LogP contribution is 2.68. The summed E-state index contributed by atoms with van der Waals surface area (Å²) in [5.74, 6) is 2.33. The molecule has 1 aromatic heterocycles. The van der Waals surface area contributed by atoms with Crippen LogP contribution >= 0.6 is 0 Å². The van der Waals surface area contributed by atoms with E-state index < -0.39 is 0 Å². The van der Waals surface area contributed by atoms with Gasteiger partial charge in [-0.25, -0.2) is 0 Å². The SMILES string of the molecule is CC(=O)O[C@H]1CC[C@@]2(C)C(=CC[C@H]3[C@@H]4C[C@@H](c5ccccn5)[C@H](C(C)=O)[C@@]4(C)CC[C@@H]32)C1. The van der Waals surface area contributed by atoms with Crippen molar-refractivity contribution in [1.29, 1.82) is 0 Å². The van der Waals surface area contributed by atoms with Crippen molar-refractivity contribution in [2.24, 2.45) is 34.5 Å². The van der Waals surface area contributed by atoms with Crippen molar-refractivity contribution in [3.8, 4) is 0 Å². The number of fused-ring (bicyclic) bond motifs is 5. The van der Waals surface area contributed by atoms with Crippen molar-refractivity contribution in [2.75, 3.05) is 0 Å². The zero-order valence-corrected chi connectivity index (χ0v) is 20.0. The number of carbonyl (C=O) groups is 2. The first-order chi connectivity index (χ1) is 15.2. The van der Waals surface area contributed by atoms with E-state index in [1.54, 1.807) is 6.92 Å². The maximum absolute atomic E-state index is 13.0. The molecule has 0 aromatic carbocycles. The van der Waals surface area contributed by atoms with Gasteiger partial charge >= 0.3 is 5.97 Å². The predicted molar refractivity (Wildman–Crippen MR) is 124 cm³/mol. The predicted octanol–water partition coefficient (Wildman–Crippen LogP) is 5.87. The minimum atomic E-state index is -0.164. The Morgan fingerprint density at radius 1 is 1.09 bits per heavy atom. The van der Waals surface area contributed by atoms with Gasteiger partial charge in [-0.1, -0.05) is 31.6 Å². The van der Waals surface area contributed by atoms with Gasteiger partial charge in [-0.2, -0.15) is 0 Å². The third kappa shape index (κ3) is 3.28. The number of hydrogen-bond acceptors (Lipinski definition) is 4. The molecule has 0 saturated heterocycles. The van der Waals surface area contributed by atoms with Crippen LogP contribution in [-0.2, 0) is 14.3 Å². The van der Waals surface area contributed by atoms with Gasteiger partial charge in [0, 0.05) is 37.1 Å². The lowest BCUT2D eigenvalue weighted by atomic mass is 9.47.